The molecule has 3 fully saturated rings. The quantitative estimate of drug-likeness (QED) is 0.739. The second-order valence-corrected chi connectivity index (χ2v) is 8.42. The lowest BCUT2D eigenvalue weighted by Gasteiger charge is -2.40. The van der Waals surface area contributed by atoms with Crippen LogP contribution in [0.5, 0.6) is 0 Å². The van der Waals surface area contributed by atoms with Crippen LogP contribution in [0.4, 0.5) is 18.0 Å². The number of likely N-dealkylation sites (tertiary alicyclic amines) is 3. The Morgan fingerprint density at radius 3 is 2.31 bits per heavy atom. The molecule has 1 unspecified atom stereocenters. The maximum atomic E-state index is 13.1. The van der Waals surface area contributed by atoms with Crippen molar-refractivity contribution in [1.29, 1.82) is 0 Å². The minimum atomic E-state index is -5.08. The highest BCUT2D eigenvalue weighted by molar-refractivity contribution is 5.86. The number of amides is 3. The van der Waals surface area contributed by atoms with Crippen LogP contribution < -0.4 is 0 Å². The van der Waals surface area contributed by atoms with E-state index in [0.717, 1.165) is 63.8 Å². The van der Waals surface area contributed by atoms with Gasteiger partial charge in [-0.3, -0.25) is 9.78 Å². The molecule has 0 aliphatic carbocycles. The fourth-order valence-electron chi connectivity index (χ4n) is 4.54. The summed E-state index contributed by atoms with van der Waals surface area (Å²) in [5.41, 5.74) is 0.698. The first-order valence-corrected chi connectivity index (χ1v) is 10.6. The minimum absolute atomic E-state index is 0.134. The van der Waals surface area contributed by atoms with Crippen molar-refractivity contribution in [1.82, 2.24) is 19.7 Å². The first-order valence-electron chi connectivity index (χ1n) is 10.6. The van der Waals surface area contributed by atoms with Crippen LogP contribution in [0, 0.1) is 5.41 Å². The molecule has 3 amide bonds. The molecular formula is C21H27F3N4O4. The van der Waals surface area contributed by atoms with Crippen molar-refractivity contribution in [2.45, 2.75) is 44.8 Å². The van der Waals surface area contributed by atoms with E-state index in [2.05, 4.69) is 4.98 Å². The van der Waals surface area contributed by atoms with E-state index in [4.69, 9.17) is 9.90 Å². The molecule has 0 aromatic carbocycles. The van der Waals surface area contributed by atoms with Crippen molar-refractivity contribution in [3.63, 3.8) is 0 Å². The number of alkyl halides is 3. The van der Waals surface area contributed by atoms with Gasteiger partial charge in [-0.05, 0) is 43.7 Å². The zero-order valence-corrected chi connectivity index (χ0v) is 17.7. The number of halogens is 3. The van der Waals surface area contributed by atoms with Crippen LogP contribution in [0.3, 0.4) is 0 Å². The van der Waals surface area contributed by atoms with Crippen molar-refractivity contribution >= 4 is 17.9 Å². The van der Waals surface area contributed by atoms with Gasteiger partial charge in [-0.15, -0.1) is 0 Å². The fourth-order valence-corrected chi connectivity index (χ4v) is 4.54. The van der Waals surface area contributed by atoms with Crippen LogP contribution in [-0.4, -0.2) is 81.6 Å². The Morgan fingerprint density at radius 2 is 1.72 bits per heavy atom. The van der Waals surface area contributed by atoms with Crippen LogP contribution >= 0.6 is 0 Å². The summed E-state index contributed by atoms with van der Waals surface area (Å²) in [5, 5.41) is 7.12. The molecule has 0 saturated carbocycles. The molecule has 3 aliphatic rings. The monoisotopic (exact) mass is 456 g/mol. The van der Waals surface area contributed by atoms with E-state index in [1.54, 1.807) is 6.20 Å². The lowest BCUT2D eigenvalue weighted by molar-refractivity contribution is -0.192. The normalized spacial score (nSPS) is 23.3. The molecular weight excluding hydrogens is 429 g/mol. The van der Waals surface area contributed by atoms with E-state index in [0.29, 0.717) is 13.1 Å². The number of rotatable bonds is 2. The van der Waals surface area contributed by atoms with Crippen molar-refractivity contribution < 1.29 is 32.7 Å². The number of hydrogen-bond acceptors (Lipinski definition) is 4. The summed E-state index contributed by atoms with van der Waals surface area (Å²) in [5.74, 6) is -2.54. The van der Waals surface area contributed by atoms with Gasteiger partial charge in [-0.2, -0.15) is 13.2 Å². The van der Waals surface area contributed by atoms with Gasteiger partial charge >= 0.3 is 18.2 Å². The molecule has 1 aromatic heterocycles. The first kappa shape index (κ1) is 23.8. The molecule has 1 spiro atoms. The Bertz CT molecular complexity index is 830. The zero-order valence-electron chi connectivity index (χ0n) is 17.7. The summed E-state index contributed by atoms with van der Waals surface area (Å²) in [6, 6.07) is 4.05. The molecule has 4 heterocycles. The lowest BCUT2D eigenvalue weighted by atomic mass is 9.78. The topological polar surface area (TPSA) is 94.1 Å². The van der Waals surface area contributed by atoms with Gasteiger partial charge in [0.15, 0.2) is 0 Å². The number of nitrogens with zero attached hydrogens (tertiary/aromatic N) is 4. The Hall–Kier alpha value is -2.85. The molecule has 3 aliphatic heterocycles. The summed E-state index contributed by atoms with van der Waals surface area (Å²) in [6.45, 7) is 4.50. The standard InChI is InChI=1S/C19H26N4O2.C2HF3O2/c24-17-19(7-12-22(17)14-16-5-3-8-20-13-16)6-4-11-23(15-19)18(25)21-9-1-2-10-21;3-2(4,5)1(6)7/h3,5,8,13H,1-2,4,6-7,9-12,14-15H2;(H,6,7). The molecule has 176 valence electrons. The number of urea groups is 1. The average molecular weight is 456 g/mol. The van der Waals surface area contributed by atoms with Crippen molar-refractivity contribution in [2.75, 3.05) is 32.7 Å². The van der Waals surface area contributed by atoms with Gasteiger partial charge in [0.1, 0.15) is 0 Å². The van der Waals surface area contributed by atoms with Gasteiger partial charge in [-0.1, -0.05) is 6.07 Å². The molecule has 3 saturated heterocycles. The third-order valence-corrected chi connectivity index (χ3v) is 6.16. The van der Waals surface area contributed by atoms with Crippen LogP contribution in [0.25, 0.3) is 0 Å². The predicted octanol–water partition coefficient (Wildman–Crippen LogP) is 2.75. The van der Waals surface area contributed by atoms with Gasteiger partial charge in [0.2, 0.25) is 5.91 Å². The van der Waals surface area contributed by atoms with Crippen LogP contribution in [-0.2, 0) is 16.1 Å². The van der Waals surface area contributed by atoms with Crippen LogP contribution in [0.2, 0.25) is 0 Å². The largest absolute Gasteiger partial charge is 0.490 e. The SMILES string of the molecule is O=C(N1CCCC1)N1CCCC2(CCN(Cc3cccnc3)C2=O)C1.O=C(O)C(F)(F)F. The Morgan fingerprint density at radius 1 is 1.06 bits per heavy atom. The fraction of sp³-hybridized carbons (Fsp3) is 0.619. The van der Waals surface area contributed by atoms with Crippen molar-refractivity contribution in [3.05, 3.63) is 30.1 Å². The molecule has 1 N–H and O–H groups in total. The number of carboxylic acid groups (broad SMARTS) is 1. The Kier molecular flexibility index (Phi) is 7.25. The number of carbonyl (C=O) groups excluding carboxylic acids is 2. The number of carboxylic acids is 1. The highest BCUT2D eigenvalue weighted by Crippen LogP contribution is 2.41. The first-order chi connectivity index (χ1) is 15.1. The summed E-state index contributed by atoms with van der Waals surface area (Å²) in [6.07, 6.45) is 3.37. The third-order valence-electron chi connectivity index (χ3n) is 6.16. The van der Waals surface area contributed by atoms with Crippen molar-refractivity contribution in [3.8, 4) is 0 Å². The smallest absolute Gasteiger partial charge is 0.475 e. The van der Waals surface area contributed by atoms with E-state index in [-0.39, 0.29) is 17.4 Å². The molecule has 32 heavy (non-hydrogen) atoms. The zero-order chi connectivity index (χ0) is 23.4. The molecule has 0 radical (unpaired) electrons. The van der Waals surface area contributed by atoms with Gasteiger partial charge in [0.25, 0.3) is 0 Å². The average Bonchev–Trinajstić information content (AvgIpc) is 3.39. The third kappa shape index (κ3) is 5.49. The Balaban J connectivity index is 0.000000360. The summed E-state index contributed by atoms with van der Waals surface area (Å²) < 4.78 is 31.7. The maximum absolute atomic E-state index is 13.1. The van der Waals surface area contributed by atoms with Crippen molar-refractivity contribution in [2.24, 2.45) is 5.41 Å². The summed E-state index contributed by atoms with van der Waals surface area (Å²) >= 11 is 0. The summed E-state index contributed by atoms with van der Waals surface area (Å²) in [4.78, 5) is 44.7. The highest BCUT2D eigenvalue weighted by atomic mass is 19.4. The molecule has 8 nitrogen and oxygen atoms in total. The van der Waals surface area contributed by atoms with E-state index in [9.17, 15) is 22.8 Å². The second kappa shape index (κ2) is 9.74. The van der Waals surface area contributed by atoms with E-state index >= 15 is 0 Å². The number of carbonyl (C=O) groups is 3. The second-order valence-electron chi connectivity index (χ2n) is 8.42. The molecule has 1 atom stereocenters. The van der Waals surface area contributed by atoms with Crippen LogP contribution in [0.1, 0.15) is 37.7 Å². The number of pyridine rings is 1. The molecule has 1 aromatic rings. The molecule has 11 heteroatoms. The van der Waals surface area contributed by atoms with E-state index in [1.165, 1.54) is 0 Å². The number of aliphatic carboxylic acids is 1. The number of aromatic nitrogens is 1. The van der Waals surface area contributed by atoms with Gasteiger partial charge < -0.3 is 19.8 Å². The molecule has 4 rings (SSSR count). The lowest BCUT2D eigenvalue weighted by Crippen LogP contribution is -2.52. The van der Waals surface area contributed by atoms with Gasteiger partial charge in [-0.25, -0.2) is 9.59 Å². The maximum Gasteiger partial charge on any atom is 0.490 e. The molecule has 0 bridgehead atoms. The van der Waals surface area contributed by atoms with Gasteiger partial charge in [0, 0.05) is 51.7 Å². The number of hydrogen-bond donors (Lipinski definition) is 1. The van der Waals surface area contributed by atoms with Gasteiger partial charge in [0.05, 0.1) is 5.41 Å². The van der Waals surface area contributed by atoms with E-state index in [1.807, 2.05) is 33.0 Å². The highest BCUT2D eigenvalue weighted by Gasteiger charge is 2.50. The summed E-state index contributed by atoms with van der Waals surface area (Å²) in [7, 11) is 0. The number of piperidine rings is 1. The Labute approximate surface area is 184 Å². The minimum Gasteiger partial charge on any atom is -0.475 e. The predicted molar refractivity (Wildman–Crippen MR) is 107 cm³/mol. The van der Waals surface area contributed by atoms with E-state index < -0.39 is 12.1 Å². The van der Waals surface area contributed by atoms with Crippen LogP contribution in [0.15, 0.2) is 24.5 Å².